The second-order valence-electron chi connectivity index (χ2n) is 7.47. The molecule has 4 aromatic rings. The number of carbonyl (C=O) groups excluding carboxylic acids is 1. The van der Waals surface area contributed by atoms with Gasteiger partial charge in [0.25, 0.3) is 15.6 Å². The minimum absolute atomic E-state index is 0.0909. The number of hydrogen-bond acceptors (Lipinski definition) is 7. The minimum atomic E-state index is -4.06. The summed E-state index contributed by atoms with van der Waals surface area (Å²) in [6, 6.07) is 14.6. The quantitative estimate of drug-likeness (QED) is 0.367. The van der Waals surface area contributed by atoms with E-state index in [0.29, 0.717) is 16.5 Å². The Morgan fingerprint density at radius 3 is 2.38 bits per heavy atom. The number of carbonyl (C=O) groups is 1. The number of rotatable bonds is 5. The monoisotopic (exact) mass is 518 g/mol. The number of aromatic nitrogens is 1. The first kappa shape index (κ1) is 23.6. The zero-order valence-corrected chi connectivity index (χ0v) is 20.3. The van der Waals surface area contributed by atoms with E-state index in [2.05, 4.69) is 5.32 Å². The van der Waals surface area contributed by atoms with Gasteiger partial charge in [0.2, 0.25) is 5.88 Å². The molecule has 2 heterocycles. The zero-order chi connectivity index (χ0) is 24.6. The maximum Gasteiger partial charge on any atom is 0.333 e. The molecule has 9 nitrogen and oxygen atoms in total. The summed E-state index contributed by atoms with van der Waals surface area (Å²) in [4.78, 5) is 26.8. The van der Waals surface area contributed by atoms with Crippen molar-refractivity contribution in [2.24, 2.45) is 0 Å². The van der Waals surface area contributed by atoms with Crippen molar-refractivity contribution in [1.82, 2.24) is 9.29 Å². The van der Waals surface area contributed by atoms with Crippen molar-refractivity contribution in [1.29, 1.82) is 0 Å². The summed E-state index contributed by atoms with van der Waals surface area (Å²) in [5.41, 5.74) is 1.11. The van der Waals surface area contributed by atoms with Gasteiger partial charge >= 0.3 is 6.03 Å². The second kappa shape index (κ2) is 9.01. The molecule has 12 heteroatoms. The highest BCUT2D eigenvalue weighted by Crippen LogP contribution is 2.29. The Bertz CT molecular complexity index is 1560. The summed E-state index contributed by atoms with van der Waals surface area (Å²) >= 11 is 6.58. The first-order chi connectivity index (χ1) is 16.0. The van der Waals surface area contributed by atoms with E-state index in [1.165, 1.54) is 42.5 Å². The minimum Gasteiger partial charge on any atom is -0.494 e. The Morgan fingerprint density at radius 1 is 1.06 bits per heavy atom. The van der Waals surface area contributed by atoms with Crippen LogP contribution in [0.2, 0.25) is 4.34 Å². The predicted octanol–water partition coefficient (Wildman–Crippen LogP) is 3.99. The number of halogens is 1. The number of aromatic hydroxyl groups is 1. The van der Waals surface area contributed by atoms with Gasteiger partial charge in [-0.15, -0.1) is 11.3 Å². The van der Waals surface area contributed by atoms with Crippen molar-refractivity contribution in [3.8, 4) is 11.6 Å². The number of nitrogens with one attached hydrogen (secondary N) is 2. The van der Waals surface area contributed by atoms with Gasteiger partial charge < -0.3 is 15.3 Å². The van der Waals surface area contributed by atoms with Crippen LogP contribution in [0.25, 0.3) is 16.5 Å². The number of pyridine rings is 1. The van der Waals surface area contributed by atoms with Gasteiger partial charge in [-0.05, 0) is 60.0 Å². The predicted molar refractivity (Wildman–Crippen MR) is 134 cm³/mol. The van der Waals surface area contributed by atoms with Crippen molar-refractivity contribution in [3.63, 3.8) is 0 Å². The average Bonchev–Trinajstić information content (AvgIpc) is 3.21. The van der Waals surface area contributed by atoms with Crippen LogP contribution >= 0.6 is 22.9 Å². The molecule has 0 atom stereocenters. The molecular weight excluding hydrogens is 500 g/mol. The third kappa shape index (κ3) is 4.72. The lowest BCUT2D eigenvalue weighted by molar-refractivity contribution is 0.256. The Kier molecular flexibility index (Phi) is 6.26. The van der Waals surface area contributed by atoms with Gasteiger partial charge in [-0.1, -0.05) is 11.6 Å². The number of fused-ring (bicyclic) bond motifs is 1. The number of urea groups is 1. The molecule has 0 saturated heterocycles. The fourth-order valence-corrected chi connectivity index (χ4v) is 5.68. The highest BCUT2D eigenvalue weighted by molar-refractivity contribution is 7.92. The molecule has 3 N–H and O–H groups in total. The van der Waals surface area contributed by atoms with E-state index < -0.39 is 21.6 Å². The molecule has 0 aliphatic heterocycles. The standard InChI is InChI=1S/C22H19ClN4O5S2/c1-26(2)16-7-8-17-13(11-16)12-19(28)27(21(17)29)15-5-3-14(4-6-15)24-22(30)25-34(31,32)20-10-9-18(23)33-20/h3-12,29H,1-2H3,(H2,24,25,30). The molecule has 4 rings (SSSR count). The number of sulfonamides is 1. The molecule has 0 aliphatic carbocycles. The molecule has 2 amide bonds. The molecule has 0 saturated carbocycles. The van der Waals surface area contributed by atoms with Crippen molar-refractivity contribution in [2.45, 2.75) is 4.21 Å². The lowest BCUT2D eigenvalue weighted by atomic mass is 10.1. The number of anilines is 2. The van der Waals surface area contributed by atoms with Crippen LogP contribution in [0.4, 0.5) is 16.2 Å². The maximum absolute atomic E-state index is 12.7. The largest absolute Gasteiger partial charge is 0.494 e. The zero-order valence-electron chi connectivity index (χ0n) is 17.9. The van der Waals surface area contributed by atoms with E-state index in [0.717, 1.165) is 21.6 Å². The number of amides is 2. The topological polar surface area (TPSA) is 121 Å². The number of benzene rings is 2. The number of hydrogen-bond donors (Lipinski definition) is 3. The highest BCUT2D eigenvalue weighted by atomic mass is 35.5. The normalized spacial score (nSPS) is 11.4. The summed E-state index contributed by atoms with van der Waals surface area (Å²) < 4.78 is 27.7. The van der Waals surface area contributed by atoms with Gasteiger partial charge in [-0.3, -0.25) is 4.79 Å². The lowest BCUT2D eigenvalue weighted by Crippen LogP contribution is -2.33. The summed E-state index contributed by atoms with van der Waals surface area (Å²) in [5.74, 6) is -0.216. The smallest absolute Gasteiger partial charge is 0.333 e. The Labute approximate surface area is 203 Å². The van der Waals surface area contributed by atoms with Crippen LogP contribution in [-0.4, -0.2) is 38.2 Å². The van der Waals surface area contributed by atoms with Gasteiger partial charge in [0, 0.05) is 36.9 Å². The van der Waals surface area contributed by atoms with Crippen molar-refractivity contribution >= 4 is 61.1 Å². The van der Waals surface area contributed by atoms with Gasteiger partial charge in [-0.2, -0.15) is 0 Å². The Morgan fingerprint density at radius 2 is 1.76 bits per heavy atom. The van der Waals surface area contributed by atoms with Crippen LogP contribution in [0.5, 0.6) is 5.88 Å². The SMILES string of the molecule is CN(C)c1ccc2c(O)n(-c3ccc(NC(=O)NS(=O)(=O)c4ccc(Cl)s4)cc3)c(=O)cc2c1. The molecule has 0 radical (unpaired) electrons. The molecule has 0 spiro atoms. The van der Waals surface area contributed by atoms with E-state index >= 15 is 0 Å². The molecule has 34 heavy (non-hydrogen) atoms. The highest BCUT2D eigenvalue weighted by Gasteiger charge is 2.20. The van der Waals surface area contributed by atoms with E-state index in [-0.39, 0.29) is 20.1 Å². The fourth-order valence-electron chi connectivity index (χ4n) is 3.29. The van der Waals surface area contributed by atoms with Crippen molar-refractivity contribution in [3.05, 3.63) is 75.4 Å². The van der Waals surface area contributed by atoms with Gasteiger partial charge in [0.15, 0.2) is 0 Å². The molecule has 0 aliphatic rings. The molecule has 2 aromatic carbocycles. The first-order valence-electron chi connectivity index (χ1n) is 9.81. The van der Waals surface area contributed by atoms with Crippen LogP contribution < -0.4 is 20.5 Å². The summed E-state index contributed by atoms with van der Waals surface area (Å²) in [6.45, 7) is 0. The summed E-state index contributed by atoms with van der Waals surface area (Å²) in [5, 5.41) is 14.3. The molecular formula is C22H19ClN4O5S2. The van der Waals surface area contributed by atoms with E-state index in [9.17, 15) is 23.1 Å². The fraction of sp³-hybridized carbons (Fsp3) is 0.0909. The van der Waals surface area contributed by atoms with Crippen LogP contribution in [0.1, 0.15) is 0 Å². The van der Waals surface area contributed by atoms with Crippen LogP contribution in [-0.2, 0) is 10.0 Å². The second-order valence-corrected chi connectivity index (χ2v) is 11.1. The Balaban J connectivity index is 1.56. The first-order valence-corrected chi connectivity index (χ1v) is 12.5. The molecule has 176 valence electrons. The van der Waals surface area contributed by atoms with Crippen LogP contribution in [0.3, 0.4) is 0 Å². The van der Waals surface area contributed by atoms with E-state index in [1.807, 2.05) is 35.9 Å². The van der Waals surface area contributed by atoms with Gasteiger partial charge in [0.1, 0.15) is 4.21 Å². The van der Waals surface area contributed by atoms with Crippen molar-refractivity contribution < 1.29 is 18.3 Å². The van der Waals surface area contributed by atoms with Gasteiger partial charge in [-0.25, -0.2) is 22.5 Å². The summed E-state index contributed by atoms with van der Waals surface area (Å²) in [7, 11) is -0.299. The third-order valence-electron chi connectivity index (χ3n) is 4.93. The molecule has 0 bridgehead atoms. The molecule has 2 aromatic heterocycles. The van der Waals surface area contributed by atoms with E-state index in [4.69, 9.17) is 11.6 Å². The molecule has 0 unspecified atom stereocenters. The average molecular weight is 519 g/mol. The van der Waals surface area contributed by atoms with Crippen LogP contribution in [0, 0.1) is 0 Å². The Hall–Kier alpha value is -3.54. The van der Waals surface area contributed by atoms with Crippen molar-refractivity contribution in [2.75, 3.05) is 24.3 Å². The van der Waals surface area contributed by atoms with Crippen LogP contribution in [0.15, 0.2) is 69.7 Å². The maximum atomic E-state index is 12.7. The number of thiophene rings is 1. The van der Waals surface area contributed by atoms with Gasteiger partial charge in [0.05, 0.1) is 10.0 Å². The number of nitrogens with zero attached hydrogens (tertiary/aromatic N) is 2. The summed E-state index contributed by atoms with van der Waals surface area (Å²) in [6.07, 6.45) is 0. The van der Waals surface area contributed by atoms with E-state index in [1.54, 1.807) is 6.07 Å². The lowest BCUT2D eigenvalue weighted by Gasteiger charge is -2.15. The molecule has 0 fully saturated rings. The third-order valence-corrected chi connectivity index (χ3v) is 7.98.